The second-order valence-corrected chi connectivity index (χ2v) is 3.20. The monoisotopic (exact) mass is 186 g/mol. The lowest BCUT2D eigenvalue weighted by Gasteiger charge is -1.92. The zero-order chi connectivity index (χ0) is 9.71. The first-order valence-electron chi connectivity index (χ1n) is 4.24. The third kappa shape index (κ3) is 0.724. The first-order chi connectivity index (χ1) is 6.77. The van der Waals surface area contributed by atoms with E-state index in [1.165, 1.54) is 0 Å². The largest absolute Gasteiger partial charge is 0.350 e. The third-order valence-electron chi connectivity index (χ3n) is 2.39. The van der Waals surface area contributed by atoms with Gasteiger partial charge in [0.15, 0.2) is 0 Å². The van der Waals surface area contributed by atoms with E-state index < -0.39 is 0 Å². The van der Waals surface area contributed by atoms with Gasteiger partial charge < -0.3 is 4.98 Å². The molecule has 0 atom stereocenters. The van der Waals surface area contributed by atoms with Gasteiger partial charge in [-0.2, -0.15) is 0 Å². The van der Waals surface area contributed by atoms with Crippen LogP contribution in [-0.2, 0) is 0 Å². The Hall–Kier alpha value is -2.10. The number of benzene rings is 1. The third-order valence-corrected chi connectivity index (χ3v) is 2.39. The molecule has 0 bridgehead atoms. The summed E-state index contributed by atoms with van der Waals surface area (Å²) in [5.74, 6) is -0.663. The van der Waals surface area contributed by atoms with Crippen LogP contribution < -0.4 is 5.32 Å². The Morgan fingerprint density at radius 3 is 2.64 bits per heavy atom. The predicted octanol–water partition coefficient (Wildman–Crippen LogP) is 1.05. The Morgan fingerprint density at radius 1 is 1.00 bits per heavy atom. The van der Waals surface area contributed by atoms with Crippen LogP contribution >= 0.6 is 0 Å². The summed E-state index contributed by atoms with van der Waals surface area (Å²) in [6.45, 7) is 0. The minimum Gasteiger partial charge on any atom is -0.350 e. The lowest BCUT2D eigenvalue weighted by molar-refractivity contribution is 0.0878. The highest BCUT2D eigenvalue weighted by atomic mass is 16.2. The molecule has 68 valence electrons. The predicted molar refractivity (Wildman–Crippen MR) is 50.1 cm³/mol. The van der Waals surface area contributed by atoms with Crippen LogP contribution in [0.25, 0.3) is 10.9 Å². The van der Waals surface area contributed by atoms with Crippen molar-refractivity contribution in [2.45, 2.75) is 0 Å². The van der Waals surface area contributed by atoms with E-state index >= 15 is 0 Å². The van der Waals surface area contributed by atoms with Crippen LogP contribution in [0.5, 0.6) is 0 Å². The summed E-state index contributed by atoms with van der Waals surface area (Å²) in [5.41, 5.74) is 1.66. The summed E-state index contributed by atoms with van der Waals surface area (Å²) in [6, 6.07) is 7.36. The molecule has 4 nitrogen and oxygen atoms in total. The van der Waals surface area contributed by atoms with Gasteiger partial charge in [-0.1, -0.05) is 18.2 Å². The fourth-order valence-electron chi connectivity index (χ4n) is 1.78. The summed E-state index contributed by atoms with van der Waals surface area (Å²) in [6.07, 6.45) is 0. The van der Waals surface area contributed by atoms with Crippen molar-refractivity contribution in [1.29, 1.82) is 0 Å². The molecule has 0 saturated carbocycles. The van der Waals surface area contributed by atoms with E-state index in [9.17, 15) is 9.59 Å². The van der Waals surface area contributed by atoms with Gasteiger partial charge in [-0.25, -0.2) is 0 Å². The van der Waals surface area contributed by atoms with Crippen molar-refractivity contribution >= 4 is 22.7 Å². The standard InChI is InChI=1S/C10H6N2O2/c13-9-7-5-3-1-2-4-6(5)11-8(7)10(14)12-9/h1-4,11H,(H,12,13,14). The molecule has 2 aromatic rings. The van der Waals surface area contributed by atoms with Gasteiger partial charge in [0.2, 0.25) is 0 Å². The minimum absolute atomic E-state index is 0.317. The number of hydrogen-bond donors (Lipinski definition) is 2. The first-order valence-corrected chi connectivity index (χ1v) is 4.24. The number of aromatic nitrogens is 1. The number of rotatable bonds is 0. The van der Waals surface area contributed by atoms with Crippen molar-refractivity contribution in [3.05, 3.63) is 35.5 Å². The van der Waals surface area contributed by atoms with Crippen LogP contribution in [0.1, 0.15) is 20.8 Å². The Bertz CT molecular complexity index is 569. The molecule has 2 heterocycles. The van der Waals surface area contributed by atoms with Crippen molar-refractivity contribution in [1.82, 2.24) is 10.3 Å². The fraction of sp³-hybridized carbons (Fsp3) is 0. The van der Waals surface area contributed by atoms with Gasteiger partial charge in [-0.05, 0) is 6.07 Å². The smallest absolute Gasteiger partial charge is 0.275 e. The lowest BCUT2D eigenvalue weighted by atomic mass is 10.1. The number of amides is 2. The van der Waals surface area contributed by atoms with Crippen LogP contribution in [0.15, 0.2) is 24.3 Å². The Labute approximate surface area is 78.9 Å². The lowest BCUT2D eigenvalue weighted by Crippen LogP contribution is -2.20. The average molecular weight is 186 g/mol. The quantitative estimate of drug-likeness (QED) is 0.604. The molecule has 1 aliphatic heterocycles. The van der Waals surface area contributed by atoms with Crippen molar-refractivity contribution in [2.75, 3.05) is 0 Å². The number of carbonyl (C=O) groups is 2. The molecular formula is C10H6N2O2. The van der Waals surface area contributed by atoms with E-state index in [2.05, 4.69) is 10.3 Å². The molecule has 4 heteroatoms. The number of aromatic amines is 1. The van der Waals surface area contributed by atoms with Gasteiger partial charge in [0.05, 0.1) is 5.56 Å². The highest BCUT2D eigenvalue weighted by molar-refractivity contribution is 6.26. The van der Waals surface area contributed by atoms with Gasteiger partial charge in [-0.15, -0.1) is 0 Å². The highest BCUT2D eigenvalue weighted by Crippen LogP contribution is 2.25. The normalized spacial score (nSPS) is 14.6. The van der Waals surface area contributed by atoms with Crippen molar-refractivity contribution in [2.24, 2.45) is 0 Å². The van der Waals surface area contributed by atoms with E-state index in [-0.39, 0.29) is 11.8 Å². The summed E-state index contributed by atoms with van der Waals surface area (Å²) in [7, 11) is 0. The van der Waals surface area contributed by atoms with Gasteiger partial charge in [0, 0.05) is 10.9 Å². The maximum Gasteiger partial charge on any atom is 0.275 e. The number of carbonyl (C=O) groups excluding carboxylic acids is 2. The SMILES string of the molecule is O=C1NC(=O)c2c1[nH]c1ccccc21. The van der Waals surface area contributed by atoms with Crippen molar-refractivity contribution in [3.8, 4) is 0 Å². The molecule has 1 aromatic heterocycles. The Morgan fingerprint density at radius 2 is 1.79 bits per heavy atom. The van der Waals surface area contributed by atoms with Crippen LogP contribution in [0, 0.1) is 0 Å². The first kappa shape index (κ1) is 7.32. The summed E-state index contributed by atoms with van der Waals surface area (Å²) in [4.78, 5) is 25.6. The van der Waals surface area contributed by atoms with Crippen molar-refractivity contribution in [3.63, 3.8) is 0 Å². The van der Waals surface area contributed by atoms with E-state index in [4.69, 9.17) is 0 Å². The van der Waals surface area contributed by atoms with E-state index in [0.29, 0.717) is 11.3 Å². The summed E-state index contributed by atoms with van der Waals surface area (Å²) < 4.78 is 0. The molecule has 2 amide bonds. The molecule has 1 aromatic carbocycles. The Balaban J connectivity index is 2.49. The van der Waals surface area contributed by atoms with Crippen LogP contribution in [-0.4, -0.2) is 16.8 Å². The second kappa shape index (κ2) is 2.23. The highest BCUT2D eigenvalue weighted by Gasteiger charge is 2.30. The number of H-pyrrole nitrogens is 1. The molecule has 0 aliphatic carbocycles. The molecule has 0 radical (unpaired) electrons. The molecule has 0 saturated heterocycles. The molecule has 14 heavy (non-hydrogen) atoms. The van der Waals surface area contributed by atoms with E-state index in [0.717, 1.165) is 10.9 Å². The number of para-hydroxylation sites is 1. The molecule has 1 aliphatic rings. The summed E-state index contributed by atoms with van der Waals surface area (Å²) >= 11 is 0. The van der Waals surface area contributed by atoms with Crippen LogP contribution in [0.4, 0.5) is 0 Å². The second-order valence-electron chi connectivity index (χ2n) is 3.20. The minimum atomic E-state index is -0.346. The van der Waals surface area contributed by atoms with Crippen LogP contribution in [0.2, 0.25) is 0 Å². The van der Waals surface area contributed by atoms with E-state index in [1.54, 1.807) is 0 Å². The van der Waals surface area contributed by atoms with E-state index in [1.807, 2.05) is 24.3 Å². The zero-order valence-electron chi connectivity index (χ0n) is 7.13. The van der Waals surface area contributed by atoms with Crippen molar-refractivity contribution < 1.29 is 9.59 Å². The summed E-state index contributed by atoms with van der Waals surface area (Å²) in [5, 5.41) is 3.04. The number of nitrogens with one attached hydrogen (secondary N) is 2. The molecular weight excluding hydrogens is 180 g/mol. The molecule has 0 unspecified atom stereocenters. The van der Waals surface area contributed by atoms with Gasteiger partial charge in [-0.3, -0.25) is 14.9 Å². The van der Waals surface area contributed by atoms with Crippen LogP contribution in [0.3, 0.4) is 0 Å². The molecule has 2 N–H and O–H groups in total. The van der Waals surface area contributed by atoms with Gasteiger partial charge >= 0.3 is 0 Å². The maximum absolute atomic E-state index is 11.4. The number of hydrogen-bond acceptors (Lipinski definition) is 2. The zero-order valence-corrected chi connectivity index (χ0v) is 7.13. The maximum atomic E-state index is 11.4. The topological polar surface area (TPSA) is 62.0 Å². The van der Waals surface area contributed by atoms with Gasteiger partial charge in [0.25, 0.3) is 11.8 Å². The average Bonchev–Trinajstić information content (AvgIpc) is 2.66. The number of fused-ring (bicyclic) bond motifs is 3. The fourth-order valence-corrected chi connectivity index (χ4v) is 1.78. The molecule has 3 rings (SSSR count). The molecule has 0 spiro atoms. The Kier molecular flexibility index (Phi) is 1.16. The number of imide groups is 1. The van der Waals surface area contributed by atoms with Gasteiger partial charge in [0.1, 0.15) is 5.69 Å². The molecule has 0 fully saturated rings.